The van der Waals surface area contributed by atoms with Gasteiger partial charge in [-0.25, -0.2) is 4.98 Å². The molecule has 1 unspecified atom stereocenters. The summed E-state index contributed by atoms with van der Waals surface area (Å²) in [4.78, 5) is 6.56. The molecular weight excluding hydrogens is 268 g/mol. The van der Waals surface area contributed by atoms with E-state index in [1.54, 1.807) is 0 Å². The molecule has 0 saturated heterocycles. The smallest absolute Gasteiger partial charge is 0.116 e. The van der Waals surface area contributed by atoms with Crippen molar-refractivity contribution in [3.8, 4) is 0 Å². The number of ether oxygens (including phenoxy) is 1. The Morgan fingerprint density at radius 1 is 1.35 bits per heavy atom. The maximum atomic E-state index is 5.60. The quantitative estimate of drug-likeness (QED) is 0.874. The summed E-state index contributed by atoms with van der Waals surface area (Å²) >= 11 is 1.94. The molecule has 2 aliphatic rings. The van der Waals surface area contributed by atoms with E-state index < -0.39 is 0 Å². The van der Waals surface area contributed by atoms with Gasteiger partial charge in [0.15, 0.2) is 0 Å². The first-order chi connectivity index (χ1) is 9.65. The Balaban J connectivity index is 1.96. The Morgan fingerprint density at radius 2 is 2.10 bits per heavy atom. The lowest BCUT2D eigenvalue weighted by molar-refractivity contribution is 0.0861. The minimum absolute atomic E-state index is 0.0507. The lowest BCUT2D eigenvalue weighted by Gasteiger charge is -2.34. The molecule has 112 valence electrons. The normalized spacial score (nSPS) is 21.8. The number of methoxy groups -OCH3 is 1. The second-order valence-corrected chi connectivity index (χ2v) is 7.66. The fraction of sp³-hybridized carbons (Fsp3) is 0.812. The third-order valence-electron chi connectivity index (χ3n) is 4.42. The van der Waals surface area contributed by atoms with Crippen LogP contribution in [0.25, 0.3) is 0 Å². The zero-order chi connectivity index (χ0) is 14.2. The maximum Gasteiger partial charge on any atom is 0.116 e. The van der Waals surface area contributed by atoms with Crippen LogP contribution in [0.5, 0.6) is 0 Å². The number of aromatic nitrogens is 1. The zero-order valence-electron chi connectivity index (χ0n) is 12.9. The number of hydrogen-bond acceptors (Lipinski definition) is 4. The van der Waals surface area contributed by atoms with E-state index in [9.17, 15) is 0 Å². The Kier molecular flexibility index (Phi) is 4.16. The maximum absolute atomic E-state index is 5.60. The molecule has 3 rings (SSSR count). The molecule has 0 amide bonds. The molecule has 4 heteroatoms. The van der Waals surface area contributed by atoms with Gasteiger partial charge >= 0.3 is 0 Å². The highest BCUT2D eigenvalue weighted by Gasteiger charge is 2.49. The van der Waals surface area contributed by atoms with Crippen molar-refractivity contribution in [3.05, 3.63) is 15.6 Å². The van der Waals surface area contributed by atoms with Crippen molar-refractivity contribution >= 4 is 11.3 Å². The lowest BCUT2D eigenvalue weighted by atomic mass is 9.93. The summed E-state index contributed by atoms with van der Waals surface area (Å²) in [5.74, 6) is 0.692. The molecule has 0 aromatic carbocycles. The summed E-state index contributed by atoms with van der Waals surface area (Å²) < 4.78 is 5.60. The van der Waals surface area contributed by atoms with Crippen LogP contribution in [0.4, 0.5) is 0 Å². The van der Waals surface area contributed by atoms with E-state index in [4.69, 9.17) is 9.72 Å². The van der Waals surface area contributed by atoms with Gasteiger partial charge in [-0.15, -0.1) is 11.3 Å². The molecule has 3 nitrogen and oxygen atoms in total. The summed E-state index contributed by atoms with van der Waals surface area (Å²) in [5.41, 5.74) is 1.31. The fourth-order valence-electron chi connectivity index (χ4n) is 3.44. The number of rotatable bonds is 6. The predicted octanol–water partition coefficient (Wildman–Crippen LogP) is 3.27. The Bertz CT molecular complexity index is 444. The van der Waals surface area contributed by atoms with Gasteiger partial charge in [0.1, 0.15) is 5.01 Å². The van der Waals surface area contributed by atoms with Crippen molar-refractivity contribution in [1.82, 2.24) is 10.3 Å². The van der Waals surface area contributed by atoms with Crippen LogP contribution in [0.15, 0.2) is 0 Å². The standard InChI is InChI=1S/C16H26N2OS/c1-11(2)18-16(10-19-3,12-8-9-12)15-17-13-6-4-5-7-14(13)20-15/h11-12,18H,4-10H2,1-3H3. The summed E-state index contributed by atoms with van der Waals surface area (Å²) in [7, 11) is 1.81. The van der Waals surface area contributed by atoms with Gasteiger partial charge in [0.05, 0.1) is 17.8 Å². The van der Waals surface area contributed by atoms with Crippen molar-refractivity contribution < 1.29 is 4.74 Å². The number of hydrogen-bond donors (Lipinski definition) is 1. The van der Waals surface area contributed by atoms with E-state index in [1.165, 1.54) is 54.1 Å². The Labute approximate surface area is 126 Å². The van der Waals surface area contributed by atoms with Crippen LogP contribution in [0, 0.1) is 5.92 Å². The van der Waals surface area contributed by atoms with E-state index in [0.29, 0.717) is 12.0 Å². The molecule has 1 saturated carbocycles. The molecule has 1 atom stereocenters. The topological polar surface area (TPSA) is 34.1 Å². The second kappa shape index (κ2) is 5.74. The van der Waals surface area contributed by atoms with E-state index in [0.717, 1.165) is 6.61 Å². The molecule has 1 fully saturated rings. The van der Waals surface area contributed by atoms with Crippen molar-refractivity contribution in [2.75, 3.05) is 13.7 Å². The number of thiazole rings is 1. The molecule has 0 radical (unpaired) electrons. The van der Waals surface area contributed by atoms with E-state index in [1.807, 2.05) is 18.4 Å². The van der Waals surface area contributed by atoms with Crippen LogP contribution in [0.3, 0.4) is 0 Å². The molecule has 20 heavy (non-hydrogen) atoms. The summed E-state index contributed by atoms with van der Waals surface area (Å²) in [5, 5.41) is 5.08. The van der Waals surface area contributed by atoms with Gasteiger partial charge in [-0.05, 0) is 58.3 Å². The first-order valence-corrected chi connectivity index (χ1v) is 8.73. The molecule has 0 bridgehead atoms. The minimum atomic E-state index is -0.0507. The molecule has 0 spiro atoms. The predicted molar refractivity (Wildman–Crippen MR) is 83.3 cm³/mol. The van der Waals surface area contributed by atoms with Gasteiger partial charge in [0.25, 0.3) is 0 Å². The zero-order valence-corrected chi connectivity index (χ0v) is 13.7. The highest BCUT2D eigenvalue weighted by molar-refractivity contribution is 7.11. The van der Waals surface area contributed by atoms with E-state index >= 15 is 0 Å². The van der Waals surface area contributed by atoms with Gasteiger partial charge in [0.2, 0.25) is 0 Å². The van der Waals surface area contributed by atoms with Crippen molar-refractivity contribution in [3.63, 3.8) is 0 Å². The first kappa shape index (κ1) is 14.5. The number of nitrogens with one attached hydrogen (secondary N) is 1. The van der Waals surface area contributed by atoms with Gasteiger partial charge in [0, 0.05) is 18.0 Å². The van der Waals surface area contributed by atoms with Crippen LogP contribution in [0.2, 0.25) is 0 Å². The lowest BCUT2D eigenvalue weighted by Crippen LogP contribution is -2.51. The molecule has 0 aliphatic heterocycles. The summed E-state index contributed by atoms with van der Waals surface area (Å²) in [6.45, 7) is 5.18. The van der Waals surface area contributed by atoms with Gasteiger partial charge < -0.3 is 10.1 Å². The van der Waals surface area contributed by atoms with Gasteiger partial charge in [-0.1, -0.05) is 0 Å². The number of nitrogens with zero attached hydrogens (tertiary/aromatic N) is 1. The van der Waals surface area contributed by atoms with Crippen LogP contribution in [0.1, 0.15) is 55.1 Å². The van der Waals surface area contributed by atoms with Gasteiger partial charge in [-0.3, -0.25) is 0 Å². The summed E-state index contributed by atoms with van der Waals surface area (Å²) in [6.07, 6.45) is 7.62. The van der Waals surface area contributed by atoms with Crippen molar-refractivity contribution in [1.29, 1.82) is 0 Å². The average Bonchev–Trinajstić information content (AvgIpc) is 3.16. The highest BCUT2D eigenvalue weighted by atomic mass is 32.1. The average molecular weight is 294 g/mol. The third-order valence-corrected chi connectivity index (χ3v) is 5.75. The Morgan fingerprint density at radius 3 is 2.70 bits per heavy atom. The number of aryl methyl sites for hydroxylation is 2. The molecule has 1 aromatic rings. The van der Waals surface area contributed by atoms with E-state index in [-0.39, 0.29) is 5.54 Å². The molecule has 1 N–H and O–H groups in total. The molecule has 1 aromatic heterocycles. The first-order valence-electron chi connectivity index (χ1n) is 7.91. The second-order valence-electron chi connectivity index (χ2n) is 6.57. The molecule has 1 heterocycles. The monoisotopic (exact) mass is 294 g/mol. The largest absolute Gasteiger partial charge is 0.382 e. The SMILES string of the molecule is COCC(NC(C)C)(c1nc2c(s1)CCCC2)C1CC1. The number of fused-ring (bicyclic) bond motifs is 1. The van der Waals surface area contributed by atoms with Crippen molar-refractivity contribution in [2.45, 2.75) is 64.0 Å². The van der Waals surface area contributed by atoms with Crippen LogP contribution in [-0.2, 0) is 23.1 Å². The van der Waals surface area contributed by atoms with Gasteiger partial charge in [-0.2, -0.15) is 0 Å². The Hall–Kier alpha value is -0.450. The van der Waals surface area contributed by atoms with Crippen LogP contribution >= 0.6 is 11.3 Å². The summed E-state index contributed by atoms with van der Waals surface area (Å²) in [6, 6.07) is 0.451. The van der Waals surface area contributed by atoms with Crippen LogP contribution < -0.4 is 5.32 Å². The molecular formula is C16H26N2OS. The van der Waals surface area contributed by atoms with Crippen LogP contribution in [-0.4, -0.2) is 24.7 Å². The molecule has 2 aliphatic carbocycles. The van der Waals surface area contributed by atoms with Crippen molar-refractivity contribution in [2.24, 2.45) is 5.92 Å². The fourth-order valence-corrected chi connectivity index (χ4v) is 4.80. The van der Waals surface area contributed by atoms with E-state index in [2.05, 4.69) is 19.2 Å². The third kappa shape index (κ3) is 2.66. The minimum Gasteiger partial charge on any atom is -0.382 e. The highest BCUT2D eigenvalue weighted by Crippen LogP contribution is 2.48.